The molecule has 1 saturated heterocycles. The van der Waals surface area contributed by atoms with Crippen LogP contribution in [0.3, 0.4) is 0 Å². The number of imide groups is 1. The van der Waals surface area contributed by atoms with Crippen molar-refractivity contribution in [3.8, 4) is 0 Å². The van der Waals surface area contributed by atoms with Crippen molar-refractivity contribution in [3.05, 3.63) is 29.3 Å². The van der Waals surface area contributed by atoms with Crippen LogP contribution in [0.4, 0.5) is 0 Å². The summed E-state index contributed by atoms with van der Waals surface area (Å²) in [6.07, 6.45) is 1.72. The smallest absolute Gasteiger partial charge is 0.261 e. The average Bonchev–Trinajstić information content (AvgIpc) is 2.79. The molecule has 7 nitrogen and oxygen atoms in total. The summed E-state index contributed by atoms with van der Waals surface area (Å²) < 4.78 is 27.0. The lowest BCUT2D eigenvalue weighted by molar-refractivity contribution is 0.0693. The third-order valence-corrected chi connectivity index (χ3v) is 6.35. The predicted octanol–water partition coefficient (Wildman–Crippen LogP) is 0.707. The zero-order valence-corrected chi connectivity index (χ0v) is 15.1. The van der Waals surface area contributed by atoms with Gasteiger partial charge in [-0.2, -0.15) is 4.31 Å². The Kier molecular flexibility index (Phi) is 5.34. The van der Waals surface area contributed by atoms with Crippen LogP contribution in [0.15, 0.2) is 23.1 Å². The lowest BCUT2D eigenvalue weighted by atomic mass is 10.1. The van der Waals surface area contributed by atoms with Gasteiger partial charge >= 0.3 is 0 Å². The second-order valence-electron chi connectivity index (χ2n) is 5.87. The number of nitrogens with one attached hydrogen (secondary N) is 1. The largest absolute Gasteiger partial charge is 0.316 e. The van der Waals surface area contributed by atoms with Crippen LogP contribution < -0.4 is 5.32 Å². The summed E-state index contributed by atoms with van der Waals surface area (Å²) in [4.78, 5) is 25.0. The van der Waals surface area contributed by atoms with E-state index in [-0.39, 0.29) is 34.5 Å². The monoisotopic (exact) mass is 373 g/mol. The van der Waals surface area contributed by atoms with Crippen LogP contribution in [0.25, 0.3) is 0 Å². The minimum atomic E-state index is -3.67. The normalized spacial score (nSPS) is 21.6. The molecule has 1 N–H and O–H groups in total. The Hall–Kier alpha value is -1.48. The summed E-state index contributed by atoms with van der Waals surface area (Å²) in [7, 11) is -0.468. The minimum absolute atomic E-state index is 0. The maximum absolute atomic E-state index is 12.8. The van der Waals surface area contributed by atoms with E-state index in [1.165, 1.54) is 29.6 Å². The fourth-order valence-electron chi connectivity index (χ4n) is 3.05. The number of hydrogen-bond donors (Lipinski definition) is 1. The van der Waals surface area contributed by atoms with Gasteiger partial charge in [-0.05, 0) is 38.1 Å². The van der Waals surface area contributed by atoms with Crippen LogP contribution in [0.2, 0.25) is 0 Å². The quantitative estimate of drug-likeness (QED) is 0.788. The molecule has 0 bridgehead atoms. The first-order valence-electron chi connectivity index (χ1n) is 7.50. The Morgan fingerprint density at radius 3 is 2.50 bits per heavy atom. The number of hydrogen-bond acceptors (Lipinski definition) is 5. The Balaban J connectivity index is 0.00000208. The van der Waals surface area contributed by atoms with Gasteiger partial charge in [0.05, 0.1) is 16.0 Å². The van der Waals surface area contributed by atoms with Crippen LogP contribution in [0.1, 0.15) is 33.6 Å². The zero-order chi connectivity index (χ0) is 16.8. The Morgan fingerprint density at radius 1 is 1.17 bits per heavy atom. The van der Waals surface area contributed by atoms with Crippen molar-refractivity contribution in [1.29, 1.82) is 0 Å². The molecule has 1 atom stereocenters. The van der Waals surface area contributed by atoms with E-state index in [0.29, 0.717) is 13.1 Å². The van der Waals surface area contributed by atoms with E-state index in [1.54, 1.807) is 0 Å². The molecule has 24 heavy (non-hydrogen) atoms. The van der Waals surface area contributed by atoms with Gasteiger partial charge in [0, 0.05) is 26.2 Å². The van der Waals surface area contributed by atoms with Crippen molar-refractivity contribution in [2.75, 3.05) is 27.2 Å². The van der Waals surface area contributed by atoms with E-state index < -0.39 is 21.8 Å². The number of amides is 2. The molecule has 0 aliphatic carbocycles. The summed E-state index contributed by atoms with van der Waals surface area (Å²) in [5.41, 5.74) is 0.406. The van der Waals surface area contributed by atoms with E-state index in [0.717, 1.165) is 17.7 Å². The fraction of sp³-hybridized carbons (Fsp3) is 0.467. The summed E-state index contributed by atoms with van der Waals surface area (Å²) >= 11 is 0. The molecular weight excluding hydrogens is 354 g/mol. The number of carbonyl (C=O) groups excluding carboxylic acids is 2. The number of piperidine rings is 1. The predicted molar refractivity (Wildman–Crippen MR) is 91.0 cm³/mol. The summed E-state index contributed by atoms with van der Waals surface area (Å²) in [6.45, 7) is 0.868. The van der Waals surface area contributed by atoms with Crippen LogP contribution in [0.5, 0.6) is 0 Å². The number of fused-ring (bicyclic) bond motifs is 1. The molecule has 1 aromatic carbocycles. The van der Waals surface area contributed by atoms with Crippen molar-refractivity contribution in [1.82, 2.24) is 14.5 Å². The molecule has 2 amide bonds. The number of carbonyl (C=O) groups is 2. The van der Waals surface area contributed by atoms with Gasteiger partial charge in [0.15, 0.2) is 0 Å². The highest BCUT2D eigenvalue weighted by Crippen LogP contribution is 2.27. The van der Waals surface area contributed by atoms with E-state index in [1.807, 2.05) is 7.05 Å². The molecule has 2 heterocycles. The van der Waals surface area contributed by atoms with Gasteiger partial charge in [-0.25, -0.2) is 8.42 Å². The number of nitrogens with zero attached hydrogens (tertiary/aromatic N) is 2. The average molecular weight is 374 g/mol. The first-order chi connectivity index (χ1) is 10.9. The first kappa shape index (κ1) is 18.9. The topological polar surface area (TPSA) is 86.8 Å². The summed E-state index contributed by atoms with van der Waals surface area (Å²) in [6, 6.07) is 4.27. The van der Waals surface area contributed by atoms with Crippen molar-refractivity contribution in [2.45, 2.75) is 23.8 Å². The van der Waals surface area contributed by atoms with Gasteiger partial charge in [-0.1, -0.05) is 0 Å². The second-order valence-corrected chi connectivity index (χ2v) is 7.81. The molecular formula is C15H20ClN3O4S. The molecule has 2 aliphatic rings. The lowest BCUT2D eigenvalue weighted by Gasteiger charge is -2.31. The maximum atomic E-state index is 12.8. The van der Waals surface area contributed by atoms with Gasteiger partial charge in [-0.3, -0.25) is 14.5 Å². The summed E-state index contributed by atoms with van der Waals surface area (Å²) in [5.74, 6) is -0.865. The molecule has 9 heteroatoms. The van der Waals surface area contributed by atoms with Gasteiger partial charge in [0.25, 0.3) is 11.8 Å². The van der Waals surface area contributed by atoms with E-state index in [4.69, 9.17) is 0 Å². The van der Waals surface area contributed by atoms with Gasteiger partial charge in [0.2, 0.25) is 10.0 Å². The van der Waals surface area contributed by atoms with Crippen LogP contribution >= 0.6 is 12.4 Å². The zero-order valence-electron chi connectivity index (χ0n) is 13.5. The van der Waals surface area contributed by atoms with Gasteiger partial charge in [-0.15, -0.1) is 12.4 Å². The number of rotatable bonds is 3. The highest BCUT2D eigenvalue weighted by molar-refractivity contribution is 7.89. The van der Waals surface area contributed by atoms with E-state index in [2.05, 4.69) is 5.32 Å². The molecule has 0 saturated carbocycles. The Morgan fingerprint density at radius 2 is 1.83 bits per heavy atom. The third kappa shape index (κ3) is 2.95. The first-order valence-corrected chi connectivity index (χ1v) is 8.94. The van der Waals surface area contributed by atoms with Crippen LogP contribution in [0, 0.1) is 0 Å². The van der Waals surface area contributed by atoms with Gasteiger partial charge in [0.1, 0.15) is 0 Å². The highest BCUT2D eigenvalue weighted by Gasteiger charge is 2.35. The molecule has 1 aromatic rings. The maximum Gasteiger partial charge on any atom is 0.261 e. The molecule has 1 fully saturated rings. The Labute approximate surface area is 147 Å². The van der Waals surface area contributed by atoms with Crippen molar-refractivity contribution in [3.63, 3.8) is 0 Å². The third-order valence-electron chi connectivity index (χ3n) is 4.49. The molecule has 132 valence electrons. The highest BCUT2D eigenvalue weighted by atomic mass is 35.5. The second kappa shape index (κ2) is 6.79. The molecule has 0 radical (unpaired) electrons. The molecule has 3 rings (SSSR count). The van der Waals surface area contributed by atoms with Crippen LogP contribution in [-0.4, -0.2) is 62.7 Å². The number of sulfonamides is 1. The van der Waals surface area contributed by atoms with Crippen molar-refractivity contribution < 1.29 is 18.0 Å². The van der Waals surface area contributed by atoms with Crippen LogP contribution in [-0.2, 0) is 10.0 Å². The Bertz CT molecular complexity index is 781. The standard InChI is InChI=1S/C15H19N3O4S.ClH/c1-16-10-4-3-7-18(9-10)23(21,22)11-5-6-12-13(8-11)15(20)17(2)14(12)19;/h5-6,8,10,16H,3-4,7,9H2,1-2H3;1H. The van der Waals surface area contributed by atoms with Crippen molar-refractivity contribution >= 4 is 34.2 Å². The molecule has 0 aromatic heterocycles. The van der Waals surface area contributed by atoms with Crippen molar-refractivity contribution in [2.24, 2.45) is 0 Å². The molecule has 2 aliphatic heterocycles. The number of likely N-dealkylation sites (N-methyl/N-ethyl adjacent to an activating group) is 1. The van der Waals surface area contributed by atoms with E-state index in [9.17, 15) is 18.0 Å². The summed E-state index contributed by atoms with van der Waals surface area (Å²) in [5, 5.41) is 3.11. The molecule has 1 unspecified atom stereocenters. The lowest BCUT2D eigenvalue weighted by Crippen LogP contribution is -2.46. The minimum Gasteiger partial charge on any atom is -0.316 e. The van der Waals surface area contributed by atoms with E-state index >= 15 is 0 Å². The fourth-order valence-corrected chi connectivity index (χ4v) is 4.60. The van der Waals surface area contributed by atoms with Gasteiger partial charge < -0.3 is 5.32 Å². The molecule has 0 spiro atoms. The SMILES string of the molecule is CNC1CCCN(S(=O)(=O)c2ccc3c(c2)C(=O)N(C)C3=O)C1.Cl. The number of halogens is 1. The number of benzene rings is 1.